The van der Waals surface area contributed by atoms with Crippen LogP contribution in [0.2, 0.25) is 0 Å². The first-order valence-electron chi connectivity index (χ1n) is 5.89. The van der Waals surface area contributed by atoms with Crippen LogP contribution in [-0.4, -0.2) is 0 Å². The summed E-state index contributed by atoms with van der Waals surface area (Å²) in [5.74, 6) is 6.78. The molecule has 0 saturated heterocycles. The van der Waals surface area contributed by atoms with Gasteiger partial charge < -0.3 is 0 Å². The molecule has 0 heteroatoms. The maximum absolute atomic E-state index is 3.28. The fraction of sp³-hybridized carbons (Fsp3) is 0.176. The molecule has 0 fully saturated rings. The van der Waals surface area contributed by atoms with Gasteiger partial charge in [0.1, 0.15) is 0 Å². The van der Waals surface area contributed by atoms with Crippen molar-refractivity contribution in [3.05, 3.63) is 71.3 Å². The Morgan fingerprint density at radius 3 is 2.18 bits per heavy atom. The molecule has 0 spiro atoms. The second kappa shape index (κ2) is 5.37. The molecule has 2 aromatic rings. The lowest BCUT2D eigenvalue weighted by Crippen LogP contribution is -1.88. The van der Waals surface area contributed by atoms with E-state index in [1.165, 1.54) is 11.1 Å². The van der Waals surface area contributed by atoms with Crippen molar-refractivity contribution < 1.29 is 0 Å². The van der Waals surface area contributed by atoms with E-state index in [0.717, 1.165) is 5.56 Å². The lowest BCUT2D eigenvalue weighted by Gasteiger charge is -2.02. The molecule has 2 aromatic carbocycles. The second-order valence-corrected chi connectivity index (χ2v) is 4.27. The van der Waals surface area contributed by atoms with E-state index in [1.54, 1.807) is 0 Å². The van der Waals surface area contributed by atoms with E-state index in [9.17, 15) is 0 Å². The standard InChI is InChI=1S/C17H16/c1-14-8-11-16(12-9-14)13-10-15(2)17-6-4-3-5-7-17/h3-9,11-12,15H,1-2H3. The number of hydrogen-bond acceptors (Lipinski definition) is 0. The van der Waals surface area contributed by atoms with Crippen LogP contribution in [0.4, 0.5) is 0 Å². The zero-order valence-corrected chi connectivity index (χ0v) is 10.3. The summed E-state index contributed by atoms with van der Waals surface area (Å²) in [7, 11) is 0. The van der Waals surface area contributed by atoms with E-state index in [4.69, 9.17) is 0 Å². The molecule has 0 radical (unpaired) electrons. The summed E-state index contributed by atoms with van der Waals surface area (Å²) in [5.41, 5.74) is 3.62. The van der Waals surface area contributed by atoms with Gasteiger partial charge in [0.2, 0.25) is 0 Å². The Morgan fingerprint density at radius 1 is 0.882 bits per heavy atom. The van der Waals surface area contributed by atoms with Gasteiger partial charge in [-0.05, 0) is 31.5 Å². The number of aryl methyl sites for hydroxylation is 1. The van der Waals surface area contributed by atoms with Gasteiger partial charge in [0, 0.05) is 11.5 Å². The van der Waals surface area contributed by atoms with Gasteiger partial charge in [0.25, 0.3) is 0 Å². The van der Waals surface area contributed by atoms with E-state index in [2.05, 4.69) is 74.2 Å². The molecule has 84 valence electrons. The Labute approximate surface area is 103 Å². The zero-order valence-electron chi connectivity index (χ0n) is 10.3. The molecule has 0 bridgehead atoms. The molecular formula is C17H16. The number of rotatable bonds is 1. The van der Waals surface area contributed by atoms with Crippen LogP contribution < -0.4 is 0 Å². The average Bonchev–Trinajstić information content (AvgIpc) is 2.39. The van der Waals surface area contributed by atoms with Gasteiger partial charge in [0.05, 0.1) is 0 Å². The fourth-order valence-corrected chi connectivity index (χ4v) is 1.65. The minimum Gasteiger partial charge on any atom is -0.0900 e. The summed E-state index contributed by atoms with van der Waals surface area (Å²) >= 11 is 0. The summed E-state index contributed by atoms with van der Waals surface area (Å²) in [6, 6.07) is 18.7. The third-order valence-electron chi connectivity index (χ3n) is 2.78. The summed E-state index contributed by atoms with van der Waals surface area (Å²) in [4.78, 5) is 0. The van der Waals surface area contributed by atoms with Crippen LogP contribution in [-0.2, 0) is 0 Å². The van der Waals surface area contributed by atoms with Gasteiger partial charge in [-0.3, -0.25) is 0 Å². The minimum atomic E-state index is 0.275. The Bertz CT molecular complexity index is 524. The van der Waals surface area contributed by atoms with Crippen LogP contribution >= 0.6 is 0 Å². The maximum atomic E-state index is 3.28. The largest absolute Gasteiger partial charge is 0.0900 e. The first kappa shape index (κ1) is 11.5. The average molecular weight is 220 g/mol. The summed E-state index contributed by atoms with van der Waals surface area (Å²) in [6.45, 7) is 4.22. The van der Waals surface area contributed by atoms with Crippen molar-refractivity contribution in [1.29, 1.82) is 0 Å². The van der Waals surface area contributed by atoms with E-state index < -0.39 is 0 Å². The smallest absolute Gasteiger partial charge is 0.0427 e. The second-order valence-electron chi connectivity index (χ2n) is 4.27. The fourth-order valence-electron chi connectivity index (χ4n) is 1.65. The number of hydrogen-bond donors (Lipinski definition) is 0. The topological polar surface area (TPSA) is 0 Å². The Hall–Kier alpha value is -2.00. The Kier molecular flexibility index (Phi) is 3.62. The van der Waals surface area contributed by atoms with E-state index in [-0.39, 0.29) is 5.92 Å². The van der Waals surface area contributed by atoms with Gasteiger partial charge in [-0.25, -0.2) is 0 Å². The Balaban J connectivity index is 2.14. The van der Waals surface area contributed by atoms with E-state index >= 15 is 0 Å². The van der Waals surface area contributed by atoms with Crippen molar-refractivity contribution in [2.75, 3.05) is 0 Å². The molecule has 0 saturated carbocycles. The van der Waals surface area contributed by atoms with Crippen LogP contribution in [0.3, 0.4) is 0 Å². The summed E-state index contributed by atoms with van der Waals surface area (Å²) in [6.07, 6.45) is 0. The van der Waals surface area contributed by atoms with Crippen molar-refractivity contribution in [1.82, 2.24) is 0 Å². The van der Waals surface area contributed by atoms with Crippen molar-refractivity contribution in [2.24, 2.45) is 0 Å². The lowest BCUT2D eigenvalue weighted by atomic mass is 10.0. The molecule has 0 amide bonds. The first-order valence-corrected chi connectivity index (χ1v) is 5.89. The predicted octanol–water partition coefficient (Wildman–Crippen LogP) is 4.15. The van der Waals surface area contributed by atoms with E-state index in [0.29, 0.717) is 0 Å². The lowest BCUT2D eigenvalue weighted by molar-refractivity contribution is 1.00. The minimum absolute atomic E-state index is 0.275. The molecule has 1 atom stereocenters. The quantitative estimate of drug-likeness (QED) is 0.633. The van der Waals surface area contributed by atoms with Crippen LogP contribution in [0.1, 0.15) is 29.5 Å². The Morgan fingerprint density at radius 2 is 1.53 bits per heavy atom. The summed E-state index contributed by atoms with van der Waals surface area (Å²) in [5, 5.41) is 0. The van der Waals surface area contributed by atoms with Gasteiger partial charge in [-0.2, -0.15) is 0 Å². The molecular weight excluding hydrogens is 204 g/mol. The number of benzene rings is 2. The highest BCUT2D eigenvalue weighted by Gasteiger charge is 1.98. The van der Waals surface area contributed by atoms with Crippen LogP contribution in [0.15, 0.2) is 54.6 Å². The predicted molar refractivity (Wildman–Crippen MR) is 72.9 cm³/mol. The highest BCUT2D eigenvalue weighted by atomic mass is 14.0. The molecule has 1 unspecified atom stereocenters. The zero-order chi connectivity index (χ0) is 12.1. The molecule has 0 N–H and O–H groups in total. The highest BCUT2D eigenvalue weighted by Crippen LogP contribution is 2.13. The van der Waals surface area contributed by atoms with Gasteiger partial charge in [-0.15, -0.1) is 0 Å². The monoisotopic (exact) mass is 220 g/mol. The van der Waals surface area contributed by atoms with Crippen LogP contribution in [0.25, 0.3) is 0 Å². The normalized spacial score (nSPS) is 11.4. The van der Waals surface area contributed by atoms with Crippen LogP contribution in [0, 0.1) is 18.8 Å². The molecule has 0 heterocycles. The molecule has 2 rings (SSSR count). The molecule has 0 aromatic heterocycles. The van der Waals surface area contributed by atoms with Crippen LogP contribution in [0.5, 0.6) is 0 Å². The van der Waals surface area contributed by atoms with Crippen molar-refractivity contribution >= 4 is 0 Å². The van der Waals surface area contributed by atoms with Gasteiger partial charge in [-0.1, -0.05) is 59.9 Å². The summed E-state index contributed by atoms with van der Waals surface area (Å²) < 4.78 is 0. The van der Waals surface area contributed by atoms with Crippen molar-refractivity contribution in [2.45, 2.75) is 19.8 Å². The maximum Gasteiger partial charge on any atom is 0.0427 e. The van der Waals surface area contributed by atoms with E-state index in [1.807, 2.05) is 6.07 Å². The molecule has 0 aliphatic carbocycles. The molecule has 17 heavy (non-hydrogen) atoms. The third kappa shape index (κ3) is 3.23. The molecule has 0 aliphatic heterocycles. The first-order chi connectivity index (χ1) is 8.25. The molecule has 0 aliphatic rings. The molecule has 0 nitrogen and oxygen atoms in total. The highest BCUT2D eigenvalue weighted by molar-refractivity contribution is 5.38. The van der Waals surface area contributed by atoms with Gasteiger partial charge >= 0.3 is 0 Å². The SMILES string of the molecule is Cc1ccc(C#CC(C)c2ccccc2)cc1. The van der Waals surface area contributed by atoms with Gasteiger partial charge in [0.15, 0.2) is 0 Å². The van der Waals surface area contributed by atoms with Crippen molar-refractivity contribution in [3.8, 4) is 11.8 Å². The third-order valence-corrected chi connectivity index (χ3v) is 2.78. The van der Waals surface area contributed by atoms with Crippen molar-refractivity contribution in [3.63, 3.8) is 0 Å².